The smallest absolute Gasteiger partial charge is 0.328 e. The van der Waals surface area contributed by atoms with E-state index < -0.39 is 58.8 Å². The van der Waals surface area contributed by atoms with Gasteiger partial charge in [-0.1, -0.05) is 47.5 Å². The van der Waals surface area contributed by atoms with E-state index in [1.165, 1.54) is 17.0 Å². The molecule has 0 aromatic heterocycles. The maximum Gasteiger partial charge on any atom is 0.328 e. The third kappa shape index (κ3) is 3.08. The number of para-hydroxylation sites is 1. The number of primary amides is 1. The minimum absolute atomic E-state index is 0.0566. The van der Waals surface area contributed by atoms with E-state index in [2.05, 4.69) is 0 Å². The number of carbonyl (C=O) groups is 5. The van der Waals surface area contributed by atoms with Gasteiger partial charge in [-0.15, -0.1) is 0 Å². The van der Waals surface area contributed by atoms with Crippen LogP contribution in [0.15, 0.2) is 60.2 Å². The first-order chi connectivity index (χ1) is 18.1. The van der Waals surface area contributed by atoms with Gasteiger partial charge in [-0.25, -0.2) is 9.69 Å². The highest BCUT2D eigenvalue weighted by Crippen LogP contribution is 2.64. The molecule has 2 aliphatic carbocycles. The highest BCUT2D eigenvalue weighted by atomic mass is 35.5. The van der Waals surface area contributed by atoms with Gasteiger partial charge in [-0.3, -0.25) is 19.2 Å². The summed E-state index contributed by atoms with van der Waals surface area (Å²) in [6.45, 7) is 1.75. The highest BCUT2D eigenvalue weighted by Gasteiger charge is 2.68. The van der Waals surface area contributed by atoms with Crippen LogP contribution in [0, 0.1) is 29.1 Å². The number of halogens is 1. The average molecular weight is 534 g/mol. The number of phenolic OH excluding ortho intramolecular Hbond substituents is 1. The third-order valence-corrected chi connectivity index (χ3v) is 9.13. The predicted molar refractivity (Wildman–Crippen MR) is 136 cm³/mol. The van der Waals surface area contributed by atoms with Gasteiger partial charge in [0.05, 0.1) is 28.9 Å². The van der Waals surface area contributed by atoms with Crippen LogP contribution in [0.5, 0.6) is 5.75 Å². The van der Waals surface area contributed by atoms with Crippen LogP contribution in [0.3, 0.4) is 0 Å². The number of carbonyl (C=O) groups excluding carboxylic acids is 5. The zero-order valence-corrected chi connectivity index (χ0v) is 21.1. The Labute approximate surface area is 222 Å². The first-order valence-corrected chi connectivity index (χ1v) is 12.7. The van der Waals surface area contributed by atoms with Gasteiger partial charge >= 0.3 is 6.03 Å². The lowest BCUT2D eigenvalue weighted by Crippen LogP contribution is -2.49. The fourth-order valence-electron chi connectivity index (χ4n) is 7.15. The van der Waals surface area contributed by atoms with Gasteiger partial charge in [-0.05, 0) is 55.5 Å². The van der Waals surface area contributed by atoms with Crippen molar-refractivity contribution in [1.29, 1.82) is 0 Å². The molecule has 3 fully saturated rings. The number of urea groups is 1. The van der Waals surface area contributed by atoms with Gasteiger partial charge in [0.15, 0.2) is 0 Å². The lowest BCUT2D eigenvalue weighted by Gasteiger charge is -2.49. The minimum Gasteiger partial charge on any atom is -0.508 e. The molecule has 194 valence electrons. The Morgan fingerprint density at radius 2 is 1.74 bits per heavy atom. The number of nitrogens with zero attached hydrogens (tertiary/aromatic N) is 2. The zero-order valence-electron chi connectivity index (χ0n) is 20.3. The van der Waals surface area contributed by atoms with Crippen molar-refractivity contribution in [2.24, 2.45) is 34.8 Å². The van der Waals surface area contributed by atoms with Crippen LogP contribution in [0.2, 0.25) is 5.02 Å². The van der Waals surface area contributed by atoms with E-state index in [-0.39, 0.29) is 29.5 Å². The molecule has 2 heterocycles. The number of fused-ring (bicyclic) bond motifs is 4. The molecule has 4 aliphatic rings. The van der Waals surface area contributed by atoms with E-state index in [4.69, 9.17) is 17.3 Å². The van der Waals surface area contributed by atoms with Crippen LogP contribution in [0.25, 0.3) is 0 Å². The summed E-state index contributed by atoms with van der Waals surface area (Å²) in [7, 11) is 0. The molecule has 2 aliphatic heterocycles. The van der Waals surface area contributed by atoms with Gasteiger partial charge in [-0.2, -0.15) is 4.90 Å². The number of nitrogens with two attached hydrogens (primary N) is 1. The molecular weight excluding hydrogens is 510 g/mol. The van der Waals surface area contributed by atoms with Gasteiger partial charge in [0, 0.05) is 10.9 Å². The van der Waals surface area contributed by atoms with Crippen molar-refractivity contribution in [3.05, 3.63) is 70.8 Å². The number of hydrogen-bond donors (Lipinski definition) is 2. The van der Waals surface area contributed by atoms with Crippen molar-refractivity contribution in [3.8, 4) is 5.75 Å². The number of imide groups is 4. The second kappa shape index (κ2) is 8.26. The number of anilines is 1. The van der Waals surface area contributed by atoms with E-state index in [0.717, 1.165) is 5.57 Å². The Morgan fingerprint density at radius 1 is 1.03 bits per heavy atom. The summed E-state index contributed by atoms with van der Waals surface area (Å²) >= 11 is 6.62. The SMILES string of the molecule is CC12C(=O)N(c3ccccc3)C(=O)C1CC1C(=CCC3C(=O)N(C(N)=O)C(=O)C31)C2c1ccc(O)cc1Cl. The van der Waals surface area contributed by atoms with Crippen LogP contribution in [0.4, 0.5) is 10.5 Å². The van der Waals surface area contributed by atoms with Crippen LogP contribution < -0.4 is 10.6 Å². The molecule has 2 aromatic rings. The Kier molecular flexibility index (Phi) is 5.30. The molecular formula is C28H24ClN3O6. The summed E-state index contributed by atoms with van der Waals surface area (Å²) in [5, 5.41) is 10.2. The molecule has 2 saturated heterocycles. The van der Waals surface area contributed by atoms with Crippen molar-refractivity contribution in [1.82, 2.24) is 4.90 Å². The average Bonchev–Trinajstić information content (AvgIpc) is 3.25. The van der Waals surface area contributed by atoms with E-state index in [1.54, 1.807) is 43.3 Å². The number of allylic oxidation sites excluding steroid dienone is 2. The number of benzene rings is 2. The van der Waals surface area contributed by atoms with Crippen LogP contribution in [0.1, 0.15) is 31.2 Å². The number of hydrogen-bond acceptors (Lipinski definition) is 6. The van der Waals surface area contributed by atoms with E-state index in [9.17, 15) is 29.1 Å². The summed E-state index contributed by atoms with van der Waals surface area (Å²) in [5.41, 5.74) is 5.81. The third-order valence-electron chi connectivity index (χ3n) is 8.80. The first-order valence-electron chi connectivity index (χ1n) is 12.4. The maximum atomic E-state index is 14.2. The number of aromatic hydroxyl groups is 1. The highest BCUT2D eigenvalue weighted by molar-refractivity contribution is 6.32. The standard InChI is InChI=1S/C28H24ClN3O6/c1-28-19(24(35)31(26(28)37)13-5-3-2-4-6-13)12-18-15(22(28)16-8-7-14(33)11-20(16)29)9-10-17-21(18)25(36)32(23(17)34)27(30)38/h2-9,11,17-19,21-22,33H,10,12H2,1H3,(H2,30,38). The van der Waals surface area contributed by atoms with Crippen LogP contribution in [-0.2, 0) is 19.2 Å². The first kappa shape index (κ1) is 24.4. The molecule has 0 spiro atoms. The topological polar surface area (TPSA) is 138 Å². The minimum atomic E-state index is -1.25. The van der Waals surface area contributed by atoms with Crippen molar-refractivity contribution in [2.75, 3.05) is 4.90 Å². The van der Waals surface area contributed by atoms with Gasteiger partial charge in [0.2, 0.25) is 23.6 Å². The molecule has 0 radical (unpaired) electrons. The number of likely N-dealkylation sites (tertiary alicyclic amines) is 1. The molecule has 2 aromatic carbocycles. The second-order valence-corrected chi connectivity index (χ2v) is 11.0. The molecule has 6 atom stereocenters. The molecule has 6 rings (SSSR count). The quantitative estimate of drug-likeness (QED) is 0.448. The summed E-state index contributed by atoms with van der Waals surface area (Å²) in [5.74, 6) is -5.95. The van der Waals surface area contributed by atoms with E-state index in [1.807, 2.05) is 6.08 Å². The largest absolute Gasteiger partial charge is 0.508 e. The van der Waals surface area contributed by atoms with Gasteiger partial charge < -0.3 is 10.8 Å². The van der Waals surface area contributed by atoms with Crippen molar-refractivity contribution < 1.29 is 29.1 Å². The normalized spacial score (nSPS) is 32.2. The lowest BCUT2D eigenvalue weighted by molar-refractivity contribution is -0.136. The molecule has 0 bridgehead atoms. The Bertz CT molecular complexity index is 1470. The molecule has 6 unspecified atom stereocenters. The molecule has 3 N–H and O–H groups in total. The van der Waals surface area contributed by atoms with Gasteiger partial charge in [0.25, 0.3) is 0 Å². The Balaban J connectivity index is 1.55. The van der Waals surface area contributed by atoms with E-state index >= 15 is 0 Å². The number of rotatable bonds is 2. The fraction of sp³-hybridized carbons (Fsp3) is 0.321. The Hall–Kier alpha value is -3.98. The van der Waals surface area contributed by atoms with Gasteiger partial charge in [0.1, 0.15) is 5.75 Å². The maximum absolute atomic E-state index is 14.2. The second-order valence-electron chi connectivity index (χ2n) is 10.6. The number of phenols is 1. The summed E-state index contributed by atoms with van der Waals surface area (Å²) in [6.07, 6.45) is 2.18. The fourth-order valence-corrected chi connectivity index (χ4v) is 7.43. The zero-order chi connectivity index (χ0) is 27.1. The van der Waals surface area contributed by atoms with Crippen LogP contribution >= 0.6 is 11.6 Å². The molecule has 38 heavy (non-hydrogen) atoms. The predicted octanol–water partition coefficient (Wildman–Crippen LogP) is 3.36. The summed E-state index contributed by atoms with van der Waals surface area (Å²) in [6, 6.07) is 12.0. The number of amides is 6. The van der Waals surface area contributed by atoms with Crippen molar-refractivity contribution in [3.63, 3.8) is 0 Å². The Morgan fingerprint density at radius 3 is 2.39 bits per heavy atom. The lowest BCUT2D eigenvalue weighted by atomic mass is 9.51. The van der Waals surface area contributed by atoms with Crippen molar-refractivity contribution in [2.45, 2.75) is 25.7 Å². The molecule has 6 amide bonds. The monoisotopic (exact) mass is 533 g/mol. The van der Waals surface area contributed by atoms with E-state index in [0.29, 0.717) is 16.2 Å². The molecule has 1 saturated carbocycles. The summed E-state index contributed by atoms with van der Waals surface area (Å²) in [4.78, 5) is 68.1. The molecule has 10 heteroatoms. The van der Waals surface area contributed by atoms with Crippen LogP contribution in [-0.4, -0.2) is 39.7 Å². The molecule has 9 nitrogen and oxygen atoms in total. The van der Waals surface area contributed by atoms with Crippen molar-refractivity contribution >= 4 is 46.9 Å². The summed E-state index contributed by atoms with van der Waals surface area (Å²) < 4.78 is 0.